The molecule has 3 nitrogen and oxygen atoms in total. The monoisotopic (exact) mass is 317 g/mol. The highest BCUT2D eigenvalue weighted by Crippen LogP contribution is 2.27. The number of hydrogen-bond donors (Lipinski definition) is 1. The molecule has 5 heteroatoms. The summed E-state index contributed by atoms with van der Waals surface area (Å²) in [6.45, 7) is 0. The van der Waals surface area contributed by atoms with Gasteiger partial charge >= 0.3 is 5.97 Å². The lowest BCUT2D eigenvalue weighted by molar-refractivity contribution is 0.0697. The molecule has 0 fully saturated rings. The second-order valence-electron chi connectivity index (χ2n) is 4.23. The van der Waals surface area contributed by atoms with Gasteiger partial charge in [0, 0.05) is 0 Å². The summed E-state index contributed by atoms with van der Waals surface area (Å²) in [6.07, 6.45) is 1.66. The molecule has 2 aromatic carbocycles. The van der Waals surface area contributed by atoms with Crippen LogP contribution in [0.25, 0.3) is 11.6 Å². The van der Waals surface area contributed by atoms with Crippen molar-refractivity contribution in [2.75, 3.05) is 0 Å². The average molecular weight is 318 g/mol. The summed E-state index contributed by atoms with van der Waals surface area (Å²) < 4.78 is 0. The number of halogens is 2. The first-order valence-electron chi connectivity index (χ1n) is 5.92. The maximum absolute atomic E-state index is 10.8. The van der Waals surface area contributed by atoms with E-state index in [0.717, 1.165) is 5.56 Å². The lowest BCUT2D eigenvalue weighted by Crippen LogP contribution is -1.94. The van der Waals surface area contributed by atoms with E-state index in [1.54, 1.807) is 36.4 Å². The van der Waals surface area contributed by atoms with Crippen molar-refractivity contribution in [2.24, 2.45) is 0 Å². The van der Waals surface area contributed by atoms with Gasteiger partial charge in [-0.3, -0.25) is 0 Å². The number of allylic oxidation sites excluding steroid dienone is 1. The van der Waals surface area contributed by atoms with Crippen molar-refractivity contribution in [3.63, 3.8) is 0 Å². The van der Waals surface area contributed by atoms with Gasteiger partial charge < -0.3 is 5.11 Å². The molecule has 104 valence electrons. The smallest absolute Gasteiger partial charge is 0.335 e. The molecule has 0 unspecified atom stereocenters. The van der Waals surface area contributed by atoms with E-state index in [0.29, 0.717) is 21.2 Å². The van der Waals surface area contributed by atoms with E-state index in [-0.39, 0.29) is 5.56 Å². The molecule has 0 spiro atoms. The summed E-state index contributed by atoms with van der Waals surface area (Å²) in [5.41, 5.74) is 1.98. The van der Waals surface area contributed by atoms with Gasteiger partial charge in [-0.2, -0.15) is 5.26 Å². The van der Waals surface area contributed by atoms with Gasteiger partial charge in [-0.25, -0.2) is 4.79 Å². The van der Waals surface area contributed by atoms with Gasteiger partial charge in [0.15, 0.2) is 0 Å². The molecule has 2 rings (SSSR count). The first kappa shape index (κ1) is 15.1. The highest BCUT2D eigenvalue weighted by Gasteiger charge is 2.06. The predicted octanol–water partition coefficient (Wildman–Crippen LogP) is 4.76. The minimum Gasteiger partial charge on any atom is -0.478 e. The van der Waals surface area contributed by atoms with E-state index in [2.05, 4.69) is 6.07 Å². The summed E-state index contributed by atoms with van der Waals surface area (Å²) in [6, 6.07) is 13.3. The molecule has 0 saturated carbocycles. The number of carboxylic acids is 1. The van der Waals surface area contributed by atoms with E-state index in [9.17, 15) is 10.1 Å². The zero-order valence-corrected chi connectivity index (χ0v) is 12.2. The largest absolute Gasteiger partial charge is 0.478 e. The Labute approximate surface area is 131 Å². The Bertz CT molecular complexity index is 759. The van der Waals surface area contributed by atoms with Gasteiger partial charge in [-0.15, -0.1) is 0 Å². The Hall–Kier alpha value is -2.28. The minimum atomic E-state index is -0.990. The second kappa shape index (κ2) is 6.45. The molecule has 0 radical (unpaired) electrons. The third kappa shape index (κ3) is 3.63. The number of nitriles is 1. The quantitative estimate of drug-likeness (QED) is 0.656. The molecule has 0 saturated heterocycles. The Balaban J connectivity index is 2.38. The molecule has 0 bridgehead atoms. The maximum atomic E-state index is 10.8. The second-order valence-corrected chi connectivity index (χ2v) is 5.04. The van der Waals surface area contributed by atoms with Crippen LogP contribution in [-0.2, 0) is 0 Å². The van der Waals surface area contributed by atoms with Crippen LogP contribution in [0.1, 0.15) is 21.5 Å². The third-order valence-corrected chi connectivity index (χ3v) is 3.56. The van der Waals surface area contributed by atoms with Crippen LogP contribution in [-0.4, -0.2) is 11.1 Å². The summed E-state index contributed by atoms with van der Waals surface area (Å²) in [5, 5.41) is 18.9. The SMILES string of the molecule is N#CC(=Cc1ccc(C(=O)O)cc1)c1ccc(Cl)c(Cl)c1. The Morgan fingerprint density at radius 2 is 1.67 bits per heavy atom. The zero-order valence-electron chi connectivity index (χ0n) is 10.7. The number of carbonyl (C=O) groups is 1. The molecule has 0 aliphatic heterocycles. The first-order chi connectivity index (χ1) is 10.0. The minimum absolute atomic E-state index is 0.195. The Morgan fingerprint density at radius 3 is 2.19 bits per heavy atom. The fraction of sp³-hybridized carbons (Fsp3) is 0. The fourth-order valence-corrected chi connectivity index (χ4v) is 2.03. The number of benzene rings is 2. The highest BCUT2D eigenvalue weighted by molar-refractivity contribution is 6.42. The molecule has 0 atom stereocenters. The summed E-state index contributed by atoms with van der Waals surface area (Å²) in [7, 11) is 0. The molecule has 0 heterocycles. The van der Waals surface area contributed by atoms with Crippen molar-refractivity contribution < 1.29 is 9.90 Å². The molecule has 0 aliphatic carbocycles. The van der Waals surface area contributed by atoms with Crippen LogP contribution in [0.4, 0.5) is 0 Å². The van der Waals surface area contributed by atoms with Crippen molar-refractivity contribution in [1.29, 1.82) is 5.26 Å². The average Bonchev–Trinajstić information content (AvgIpc) is 2.48. The van der Waals surface area contributed by atoms with Crippen LogP contribution < -0.4 is 0 Å². The number of aromatic carboxylic acids is 1. The van der Waals surface area contributed by atoms with Crippen LogP contribution in [0.3, 0.4) is 0 Å². The fourth-order valence-electron chi connectivity index (χ4n) is 1.73. The van der Waals surface area contributed by atoms with E-state index >= 15 is 0 Å². The molecule has 21 heavy (non-hydrogen) atoms. The Morgan fingerprint density at radius 1 is 1.05 bits per heavy atom. The van der Waals surface area contributed by atoms with Crippen LogP contribution in [0.15, 0.2) is 42.5 Å². The van der Waals surface area contributed by atoms with Crippen LogP contribution in [0.5, 0.6) is 0 Å². The standard InChI is InChI=1S/C16H9Cl2NO2/c17-14-6-5-12(8-15(14)18)13(9-19)7-10-1-3-11(4-2-10)16(20)21/h1-8H,(H,20,21). The van der Waals surface area contributed by atoms with Crippen molar-refractivity contribution in [2.45, 2.75) is 0 Å². The topological polar surface area (TPSA) is 61.1 Å². The Kier molecular flexibility index (Phi) is 4.64. The number of nitrogens with zero attached hydrogens (tertiary/aromatic N) is 1. The highest BCUT2D eigenvalue weighted by atomic mass is 35.5. The molecular formula is C16H9Cl2NO2. The molecule has 0 aliphatic rings. The van der Waals surface area contributed by atoms with Crippen molar-refractivity contribution >= 4 is 40.8 Å². The molecule has 1 N–H and O–H groups in total. The van der Waals surface area contributed by atoms with Gasteiger partial charge in [0.1, 0.15) is 0 Å². The van der Waals surface area contributed by atoms with E-state index < -0.39 is 5.97 Å². The van der Waals surface area contributed by atoms with E-state index in [1.807, 2.05) is 0 Å². The maximum Gasteiger partial charge on any atom is 0.335 e. The van der Waals surface area contributed by atoms with E-state index in [4.69, 9.17) is 28.3 Å². The van der Waals surface area contributed by atoms with Gasteiger partial charge in [-0.05, 0) is 41.5 Å². The number of carboxylic acid groups (broad SMARTS) is 1. The summed E-state index contributed by atoms with van der Waals surface area (Å²) in [4.78, 5) is 10.8. The van der Waals surface area contributed by atoms with Crippen molar-refractivity contribution in [3.8, 4) is 6.07 Å². The third-order valence-electron chi connectivity index (χ3n) is 2.82. The predicted molar refractivity (Wildman–Crippen MR) is 83.3 cm³/mol. The van der Waals surface area contributed by atoms with E-state index in [1.165, 1.54) is 12.1 Å². The lowest BCUT2D eigenvalue weighted by Gasteiger charge is -2.02. The van der Waals surface area contributed by atoms with Gasteiger partial charge in [0.2, 0.25) is 0 Å². The lowest BCUT2D eigenvalue weighted by atomic mass is 10.0. The number of rotatable bonds is 3. The van der Waals surface area contributed by atoms with Crippen LogP contribution in [0, 0.1) is 11.3 Å². The van der Waals surface area contributed by atoms with Gasteiger partial charge in [0.25, 0.3) is 0 Å². The van der Waals surface area contributed by atoms with Gasteiger partial charge in [-0.1, -0.05) is 41.4 Å². The normalized spacial score (nSPS) is 11.0. The zero-order chi connectivity index (χ0) is 15.4. The molecule has 2 aromatic rings. The number of hydrogen-bond acceptors (Lipinski definition) is 2. The van der Waals surface area contributed by atoms with Crippen LogP contribution >= 0.6 is 23.2 Å². The van der Waals surface area contributed by atoms with Crippen molar-refractivity contribution in [3.05, 3.63) is 69.2 Å². The molecular weight excluding hydrogens is 309 g/mol. The van der Waals surface area contributed by atoms with Crippen molar-refractivity contribution in [1.82, 2.24) is 0 Å². The first-order valence-corrected chi connectivity index (χ1v) is 6.67. The summed E-state index contributed by atoms with van der Waals surface area (Å²) in [5.74, 6) is -0.990. The molecule has 0 aromatic heterocycles. The van der Waals surface area contributed by atoms with Crippen LogP contribution in [0.2, 0.25) is 10.0 Å². The van der Waals surface area contributed by atoms with Gasteiger partial charge in [0.05, 0.1) is 27.3 Å². The summed E-state index contributed by atoms with van der Waals surface area (Å²) >= 11 is 11.8. The molecule has 0 amide bonds.